The van der Waals surface area contributed by atoms with Crippen LogP contribution in [0.15, 0.2) is 0 Å². The van der Waals surface area contributed by atoms with Gasteiger partial charge in [0.25, 0.3) is 0 Å². The van der Waals surface area contributed by atoms with Crippen molar-refractivity contribution in [1.82, 2.24) is 4.90 Å². The molecule has 1 rings (SSSR count). The average molecular weight is 226 g/mol. The molecule has 1 amide bonds. The van der Waals surface area contributed by atoms with E-state index < -0.39 is 0 Å². The number of hydrogen-bond acceptors (Lipinski definition) is 2. The first-order valence-corrected chi connectivity index (χ1v) is 6.38. The van der Waals surface area contributed by atoms with Crippen LogP contribution < -0.4 is 5.73 Å². The summed E-state index contributed by atoms with van der Waals surface area (Å²) >= 11 is 0. The number of amides is 1. The lowest BCUT2D eigenvalue weighted by Gasteiger charge is -2.27. The summed E-state index contributed by atoms with van der Waals surface area (Å²) in [6.07, 6.45) is 3.39. The minimum Gasteiger partial charge on any atom is -0.341 e. The van der Waals surface area contributed by atoms with Crippen LogP contribution in [0.1, 0.15) is 47.0 Å². The molecule has 0 aliphatic carbocycles. The van der Waals surface area contributed by atoms with Crippen LogP contribution in [-0.2, 0) is 4.79 Å². The Morgan fingerprint density at radius 1 is 1.25 bits per heavy atom. The van der Waals surface area contributed by atoms with Crippen molar-refractivity contribution < 1.29 is 4.79 Å². The summed E-state index contributed by atoms with van der Waals surface area (Å²) < 4.78 is 0. The van der Waals surface area contributed by atoms with Gasteiger partial charge in [0.1, 0.15) is 0 Å². The fourth-order valence-corrected chi connectivity index (χ4v) is 2.14. The highest BCUT2D eigenvalue weighted by Crippen LogP contribution is 2.29. The molecule has 2 N–H and O–H groups in total. The Hall–Kier alpha value is -0.570. The summed E-state index contributed by atoms with van der Waals surface area (Å²) in [7, 11) is 0. The van der Waals surface area contributed by atoms with Gasteiger partial charge in [0, 0.05) is 13.1 Å². The maximum absolute atomic E-state index is 12.1. The molecule has 0 bridgehead atoms. The van der Waals surface area contributed by atoms with Crippen molar-refractivity contribution in [2.45, 2.75) is 53.0 Å². The Labute approximate surface area is 99.4 Å². The molecule has 3 nitrogen and oxygen atoms in total. The van der Waals surface area contributed by atoms with E-state index in [1.807, 2.05) is 18.7 Å². The molecule has 0 radical (unpaired) electrons. The lowest BCUT2D eigenvalue weighted by molar-refractivity contribution is -0.133. The molecule has 0 spiro atoms. The van der Waals surface area contributed by atoms with Gasteiger partial charge < -0.3 is 10.6 Å². The summed E-state index contributed by atoms with van der Waals surface area (Å²) in [5.74, 6) is 0.358. The van der Waals surface area contributed by atoms with Gasteiger partial charge in [-0.2, -0.15) is 0 Å². The maximum atomic E-state index is 12.1. The van der Waals surface area contributed by atoms with Crippen molar-refractivity contribution in [3.8, 4) is 0 Å². The lowest BCUT2D eigenvalue weighted by Crippen LogP contribution is -2.47. The molecule has 94 valence electrons. The predicted molar refractivity (Wildman–Crippen MR) is 67.0 cm³/mol. The number of carbonyl (C=O) groups is 1. The standard InChI is InChI=1S/C13H26N2O/c1-10(2)11(14)12(16)15-8-5-6-13(3,4)7-9-15/h10-11H,5-9,14H2,1-4H3/t11-/m1/s1. The SMILES string of the molecule is CC(C)[C@@H](N)C(=O)N1CCCC(C)(C)CC1. The number of likely N-dealkylation sites (tertiary alicyclic amines) is 1. The van der Waals surface area contributed by atoms with E-state index in [1.54, 1.807) is 0 Å². The van der Waals surface area contributed by atoms with Crippen molar-refractivity contribution in [3.05, 3.63) is 0 Å². The van der Waals surface area contributed by atoms with E-state index in [0.29, 0.717) is 5.41 Å². The van der Waals surface area contributed by atoms with E-state index in [4.69, 9.17) is 5.73 Å². The van der Waals surface area contributed by atoms with E-state index in [1.165, 1.54) is 6.42 Å². The number of carbonyl (C=O) groups excluding carboxylic acids is 1. The Bertz CT molecular complexity index is 248. The number of nitrogens with zero attached hydrogens (tertiary/aromatic N) is 1. The summed E-state index contributed by atoms with van der Waals surface area (Å²) in [5, 5.41) is 0. The summed E-state index contributed by atoms with van der Waals surface area (Å²) in [4.78, 5) is 14.1. The van der Waals surface area contributed by atoms with Crippen LogP contribution >= 0.6 is 0 Å². The van der Waals surface area contributed by atoms with Crippen LogP contribution in [-0.4, -0.2) is 29.9 Å². The Morgan fingerprint density at radius 3 is 2.44 bits per heavy atom. The van der Waals surface area contributed by atoms with E-state index >= 15 is 0 Å². The summed E-state index contributed by atoms with van der Waals surface area (Å²) in [6.45, 7) is 10.3. The van der Waals surface area contributed by atoms with Crippen molar-refractivity contribution in [1.29, 1.82) is 0 Å². The van der Waals surface area contributed by atoms with Crippen LogP contribution in [0.25, 0.3) is 0 Å². The van der Waals surface area contributed by atoms with E-state index in [2.05, 4.69) is 13.8 Å². The average Bonchev–Trinajstić information content (AvgIpc) is 2.37. The third-order valence-corrected chi connectivity index (χ3v) is 3.66. The predicted octanol–water partition coefficient (Wildman–Crippen LogP) is 2.01. The fourth-order valence-electron chi connectivity index (χ4n) is 2.14. The molecule has 16 heavy (non-hydrogen) atoms. The van der Waals surface area contributed by atoms with Gasteiger partial charge in [0.05, 0.1) is 6.04 Å². The van der Waals surface area contributed by atoms with Crippen LogP contribution in [0.4, 0.5) is 0 Å². The molecular weight excluding hydrogens is 200 g/mol. The molecule has 0 aromatic carbocycles. The van der Waals surface area contributed by atoms with Crippen LogP contribution in [0.2, 0.25) is 0 Å². The highest BCUT2D eigenvalue weighted by Gasteiger charge is 2.28. The topological polar surface area (TPSA) is 46.3 Å². The molecule has 1 saturated heterocycles. The highest BCUT2D eigenvalue weighted by atomic mass is 16.2. The lowest BCUT2D eigenvalue weighted by atomic mass is 9.85. The molecule has 1 aliphatic heterocycles. The number of nitrogens with two attached hydrogens (primary N) is 1. The monoisotopic (exact) mass is 226 g/mol. The normalized spacial score (nSPS) is 23.0. The first-order chi connectivity index (χ1) is 7.33. The van der Waals surface area contributed by atoms with Crippen LogP contribution in [0, 0.1) is 11.3 Å². The summed E-state index contributed by atoms with van der Waals surface area (Å²) in [5.41, 5.74) is 6.29. The van der Waals surface area contributed by atoms with Crippen LogP contribution in [0.5, 0.6) is 0 Å². The van der Waals surface area contributed by atoms with Gasteiger partial charge in [-0.3, -0.25) is 4.79 Å². The zero-order chi connectivity index (χ0) is 12.3. The van der Waals surface area contributed by atoms with Crippen molar-refractivity contribution in [2.24, 2.45) is 17.1 Å². The van der Waals surface area contributed by atoms with E-state index in [0.717, 1.165) is 25.9 Å². The maximum Gasteiger partial charge on any atom is 0.239 e. The number of rotatable bonds is 2. The van der Waals surface area contributed by atoms with Crippen molar-refractivity contribution >= 4 is 5.91 Å². The fraction of sp³-hybridized carbons (Fsp3) is 0.923. The highest BCUT2D eigenvalue weighted by molar-refractivity contribution is 5.81. The Balaban J connectivity index is 2.58. The molecule has 0 aromatic heterocycles. The van der Waals surface area contributed by atoms with Gasteiger partial charge in [0.2, 0.25) is 5.91 Å². The molecule has 0 unspecified atom stereocenters. The van der Waals surface area contributed by atoms with Gasteiger partial charge in [-0.1, -0.05) is 27.7 Å². The second kappa shape index (κ2) is 5.17. The van der Waals surface area contributed by atoms with E-state index in [9.17, 15) is 4.79 Å². The van der Waals surface area contributed by atoms with Gasteiger partial charge in [-0.25, -0.2) is 0 Å². The second-order valence-corrected chi connectivity index (χ2v) is 6.11. The third-order valence-electron chi connectivity index (χ3n) is 3.66. The third kappa shape index (κ3) is 3.48. The van der Waals surface area contributed by atoms with Gasteiger partial charge in [-0.05, 0) is 30.6 Å². The second-order valence-electron chi connectivity index (χ2n) is 6.11. The zero-order valence-electron chi connectivity index (χ0n) is 11.1. The molecule has 0 saturated carbocycles. The molecule has 1 aliphatic rings. The molecule has 0 aromatic rings. The molecular formula is C13H26N2O. The minimum atomic E-state index is -0.332. The van der Waals surface area contributed by atoms with Crippen molar-refractivity contribution in [2.75, 3.05) is 13.1 Å². The van der Waals surface area contributed by atoms with E-state index in [-0.39, 0.29) is 17.9 Å². The van der Waals surface area contributed by atoms with Crippen molar-refractivity contribution in [3.63, 3.8) is 0 Å². The first-order valence-electron chi connectivity index (χ1n) is 6.38. The van der Waals surface area contributed by atoms with Gasteiger partial charge in [0.15, 0.2) is 0 Å². The smallest absolute Gasteiger partial charge is 0.239 e. The molecule has 1 fully saturated rings. The molecule has 1 atom stereocenters. The zero-order valence-corrected chi connectivity index (χ0v) is 11.1. The van der Waals surface area contributed by atoms with Gasteiger partial charge in [-0.15, -0.1) is 0 Å². The molecule has 1 heterocycles. The minimum absolute atomic E-state index is 0.132. The largest absolute Gasteiger partial charge is 0.341 e. The quantitative estimate of drug-likeness (QED) is 0.783. The number of hydrogen-bond donors (Lipinski definition) is 1. The molecule has 3 heteroatoms. The Kier molecular flexibility index (Phi) is 4.36. The first kappa shape index (κ1) is 13.5. The Morgan fingerprint density at radius 2 is 1.88 bits per heavy atom. The van der Waals surface area contributed by atoms with Gasteiger partial charge >= 0.3 is 0 Å². The summed E-state index contributed by atoms with van der Waals surface area (Å²) in [6, 6.07) is -0.332. The van der Waals surface area contributed by atoms with Crippen LogP contribution in [0.3, 0.4) is 0 Å².